The summed E-state index contributed by atoms with van der Waals surface area (Å²) in [7, 11) is 0. The zero-order chi connectivity index (χ0) is 19.2. The molecule has 0 bridgehead atoms. The maximum atomic E-state index is 14.4. The van der Waals surface area contributed by atoms with Gasteiger partial charge in [-0.15, -0.1) is 0 Å². The first kappa shape index (κ1) is 19.2. The summed E-state index contributed by atoms with van der Waals surface area (Å²) in [5, 5.41) is 4.42. The first-order valence-electron chi connectivity index (χ1n) is 8.78. The molecule has 5 nitrogen and oxygen atoms in total. The highest BCUT2D eigenvalue weighted by atomic mass is 35.5. The van der Waals surface area contributed by atoms with Gasteiger partial charge in [-0.3, -0.25) is 4.79 Å². The predicted molar refractivity (Wildman–Crippen MR) is 105 cm³/mol. The summed E-state index contributed by atoms with van der Waals surface area (Å²) < 4.78 is 19.7. The van der Waals surface area contributed by atoms with Crippen LogP contribution in [0.15, 0.2) is 41.5 Å². The van der Waals surface area contributed by atoms with Gasteiger partial charge in [0.1, 0.15) is 11.6 Å². The summed E-state index contributed by atoms with van der Waals surface area (Å²) >= 11 is 5.85. The van der Waals surface area contributed by atoms with Gasteiger partial charge in [0.15, 0.2) is 6.61 Å². The summed E-state index contributed by atoms with van der Waals surface area (Å²) in [5.41, 5.74) is 4.51. The molecule has 1 aliphatic rings. The Bertz CT molecular complexity index is 851. The fourth-order valence-electron chi connectivity index (χ4n) is 2.93. The Labute approximate surface area is 162 Å². The molecule has 0 unspecified atom stereocenters. The van der Waals surface area contributed by atoms with Crippen LogP contribution in [0.3, 0.4) is 0 Å². The van der Waals surface area contributed by atoms with Crippen molar-refractivity contribution in [3.63, 3.8) is 0 Å². The van der Waals surface area contributed by atoms with E-state index < -0.39 is 5.91 Å². The number of hydrazone groups is 1. The number of amides is 1. The number of ether oxygens (including phenoxy) is 1. The minimum atomic E-state index is -0.418. The second kappa shape index (κ2) is 8.86. The zero-order valence-electron chi connectivity index (χ0n) is 15.0. The molecule has 7 heteroatoms. The monoisotopic (exact) mass is 389 g/mol. The Balaban J connectivity index is 1.55. The van der Waals surface area contributed by atoms with Gasteiger partial charge in [0, 0.05) is 23.7 Å². The number of benzene rings is 2. The number of carbonyl (C=O) groups excluding carboxylic acids is 1. The third kappa shape index (κ3) is 5.20. The summed E-state index contributed by atoms with van der Waals surface area (Å²) in [6.07, 6.45) is 3.61. The second-order valence-electron chi connectivity index (χ2n) is 6.39. The highest BCUT2D eigenvalue weighted by Crippen LogP contribution is 2.26. The minimum Gasteiger partial charge on any atom is -0.484 e. The lowest BCUT2D eigenvalue weighted by molar-refractivity contribution is -0.123. The molecule has 1 aliphatic heterocycles. The van der Waals surface area contributed by atoms with Crippen molar-refractivity contribution in [2.75, 3.05) is 24.6 Å². The van der Waals surface area contributed by atoms with Crippen LogP contribution in [0.5, 0.6) is 5.75 Å². The van der Waals surface area contributed by atoms with Crippen LogP contribution < -0.4 is 15.1 Å². The number of carbonyl (C=O) groups is 1. The van der Waals surface area contributed by atoms with Crippen LogP contribution in [0.25, 0.3) is 0 Å². The van der Waals surface area contributed by atoms with Crippen LogP contribution in [0, 0.1) is 12.7 Å². The molecule has 1 heterocycles. The SMILES string of the molecule is Cc1cc(N2CCCC2)c(F)cc1C=NNC(=O)COc1cccc(Cl)c1. The van der Waals surface area contributed by atoms with E-state index in [-0.39, 0.29) is 12.4 Å². The van der Waals surface area contributed by atoms with E-state index in [1.165, 1.54) is 12.3 Å². The fourth-order valence-corrected chi connectivity index (χ4v) is 3.11. The van der Waals surface area contributed by atoms with E-state index in [1.54, 1.807) is 24.3 Å². The molecule has 0 aromatic heterocycles. The summed E-state index contributed by atoms with van der Waals surface area (Å²) in [6.45, 7) is 3.46. The summed E-state index contributed by atoms with van der Waals surface area (Å²) in [6, 6.07) is 10.0. The first-order chi connectivity index (χ1) is 13.0. The number of nitrogens with zero attached hydrogens (tertiary/aromatic N) is 2. The molecule has 1 saturated heterocycles. The number of anilines is 1. The van der Waals surface area contributed by atoms with Crippen molar-refractivity contribution in [2.45, 2.75) is 19.8 Å². The predicted octanol–water partition coefficient (Wildman–Crippen LogP) is 3.92. The molecule has 27 heavy (non-hydrogen) atoms. The number of aryl methyl sites for hydroxylation is 1. The van der Waals surface area contributed by atoms with Crippen molar-refractivity contribution < 1.29 is 13.9 Å². The van der Waals surface area contributed by atoms with E-state index in [2.05, 4.69) is 15.4 Å². The molecule has 0 atom stereocenters. The lowest BCUT2D eigenvalue weighted by Gasteiger charge is -2.19. The Kier molecular flexibility index (Phi) is 6.29. The van der Waals surface area contributed by atoms with Crippen LogP contribution >= 0.6 is 11.6 Å². The highest BCUT2D eigenvalue weighted by Gasteiger charge is 2.17. The van der Waals surface area contributed by atoms with Crippen LogP contribution in [0.4, 0.5) is 10.1 Å². The van der Waals surface area contributed by atoms with Crippen molar-refractivity contribution in [1.82, 2.24) is 5.43 Å². The molecule has 0 aliphatic carbocycles. The largest absolute Gasteiger partial charge is 0.484 e. The number of nitrogens with one attached hydrogen (secondary N) is 1. The van der Waals surface area contributed by atoms with Gasteiger partial charge in [-0.1, -0.05) is 17.7 Å². The molecule has 1 N–H and O–H groups in total. The number of halogens is 2. The van der Waals surface area contributed by atoms with Crippen molar-refractivity contribution in [3.8, 4) is 5.75 Å². The smallest absolute Gasteiger partial charge is 0.277 e. The Morgan fingerprint density at radius 3 is 2.85 bits per heavy atom. The van der Waals surface area contributed by atoms with Gasteiger partial charge < -0.3 is 9.64 Å². The maximum absolute atomic E-state index is 14.4. The normalized spacial score (nSPS) is 14.0. The number of rotatable bonds is 6. The molecule has 1 fully saturated rings. The van der Waals surface area contributed by atoms with Crippen molar-refractivity contribution >= 4 is 29.4 Å². The first-order valence-corrected chi connectivity index (χ1v) is 9.16. The Morgan fingerprint density at radius 2 is 2.11 bits per heavy atom. The van der Waals surface area contributed by atoms with E-state index in [1.807, 2.05) is 13.0 Å². The van der Waals surface area contributed by atoms with Crippen LogP contribution in [-0.2, 0) is 4.79 Å². The van der Waals surface area contributed by atoms with Gasteiger partial charge in [-0.2, -0.15) is 5.10 Å². The molecule has 142 valence electrons. The highest BCUT2D eigenvalue weighted by molar-refractivity contribution is 6.30. The van der Waals surface area contributed by atoms with Crippen molar-refractivity contribution in [3.05, 3.63) is 58.4 Å². The van der Waals surface area contributed by atoms with Gasteiger partial charge in [0.25, 0.3) is 5.91 Å². The van der Waals surface area contributed by atoms with E-state index in [4.69, 9.17) is 16.3 Å². The third-order valence-electron chi connectivity index (χ3n) is 4.34. The molecule has 1 amide bonds. The van der Waals surface area contributed by atoms with Crippen LogP contribution in [-0.4, -0.2) is 31.8 Å². The van der Waals surface area contributed by atoms with Gasteiger partial charge in [0.2, 0.25) is 0 Å². The Morgan fingerprint density at radius 1 is 1.33 bits per heavy atom. The van der Waals surface area contributed by atoms with Gasteiger partial charge in [-0.25, -0.2) is 9.82 Å². The van der Waals surface area contributed by atoms with Gasteiger partial charge in [-0.05, 0) is 55.7 Å². The van der Waals surface area contributed by atoms with E-state index in [9.17, 15) is 9.18 Å². The van der Waals surface area contributed by atoms with Crippen molar-refractivity contribution in [1.29, 1.82) is 0 Å². The zero-order valence-corrected chi connectivity index (χ0v) is 15.8. The van der Waals surface area contributed by atoms with E-state index >= 15 is 0 Å². The lowest BCUT2D eigenvalue weighted by atomic mass is 10.1. The minimum absolute atomic E-state index is 0.196. The molecular weight excluding hydrogens is 369 g/mol. The molecule has 2 aromatic carbocycles. The van der Waals surface area contributed by atoms with Gasteiger partial charge >= 0.3 is 0 Å². The number of hydrogen-bond donors (Lipinski definition) is 1. The quantitative estimate of drug-likeness (QED) is 0.602. The average molecular weight is 390 g/mol. The number of hydrogen-bond acceptors (Lipinski definition) is 4. The molecule has 0 radical (unpaired) electrons. The molecule has 0 saturated carbocycles. The Hall–Kier alpha value is -2.60. The second-order valence-corrected chi connectivity index (χ2v) is 6.83. The maximum Gasteiger partial charge on any atom is 0.277 e. The molecule has 2 aromatic rings. The molecule has 0 spiro atoms. The van der Waals surface area contributed by atoms with Crippen LogP contribution in [0.1, 0.15) is 24.0 Å². The van der Waals surface area contributed by atoms with E-state index in [0.717, 1.165) is 31.5 Å². The van der Waals surface area contributed by atoms with E-state index in [0.29, 0.717) is 22.0 Å². The molecular formula is C20H21ClFN3O2. The average Bonchev–Trinajstić information content (AvgIpc) is 3.17. The topological polar surface area (TPSA) is 53.9 Å². The standard InChI is InChI=1S/C20H21ClFN3O2/c1-14-9-19(25-7-2-3-8-25)18(22)10-15(14)12-23-24-20(26)13-27-17-6-4-5-16(21)11-17/h4-6,9-12H,2-3,7-8,13H2,1H3,(H,24,26). The fraction of sp³-hybridized carbons (Fsp3) is 0.300. The van der Waals surface area contributed by atoms with Crippen LogP contribution in [0.2, 0.25) is 5.02 Å². The summed E-state index contributed by atoms with van der Waals surface area (Å²) in [4.78, 5) is 13.9. The van der Waals surface area contributed by atoms with Crippen molar-refractivity contribution in [2.24, 2.45) is 5.10 Å². The van der Waals surface area contributed by atoms with Gasteiger partial charge in [0.05, 0.1) is 11.9 Å². The molecule has 3 rings (SSSR count). The summed E-state index contributed by atoms with van der Waals surface area (Å²) in [5.74, 6) is -0.199. The third-order valence-corrected chi connectivity index (χ3v) is 4.58. The lowest BCUT2D eigenvalue weighted by Crippen LogP contribution is -2.24.